The van der Waals surface area contributed by atoms with Crippen molar-refractivity contribution in [1.29, 1.82) is 0 Å². The van der Waals surface area contributed by atoms with E-state index in [0.717, 1.165) is 17.9 Å². The zero-order valence-electron chi connectivity index (χ0n) is 12.1. The van der Waals surface area contributed by atoms with Crippen LogP contribution in [0.15, 0.2) is 47.6 Å². The maximum atomic E-state index is 5.28. The van der Waals surface area contributed by atoms with Crippen LogP contribution in [0.3, 0.4) is 0 Å². The Morgan fingerprint density at radius 3 is 2.80 bits per heavy atom. The Hall–Kier alpha value is -1.52. The van der Waals surface area contributed by atoms with Crippen molar-refractivity contribution in [3.8, 4) is 5.75 Å². The summed E-state index contributed by atoms with van der Waals surface area (Å²) in [5.41, 5.74) is 2.39. The van der Waals surface area contributed by atoms with Crippen LogP contribution in [0, 0.1) is 0 Å². The molecule has 4 heteroatoms. The maximum Gasteiger partial charge on any atom is 0.137 e. The van der Waals surface area contributed by atoms with Crippen molar-refractivity contribution in [2.75, 3.05) is 19.9 Å². The van der Waals surface area contributed by atoms with Gasteiger partial charge in [0.2, 0.25) is 0 Å². The summed E-state index contributed by atoms with van der Waals surface area (Å²) in [6, 6.07) is 10.6. The fraction of sp³-hybridized carbons (Fsp3) is 0.312. The molecule has 0 aliphatic heterocycles. The molecule has 1 aromatic heterocycles. The quantitative estimate of drug-likeness (QED) is 0.825. The van der Waals surface area contributed by atoms with Crippen molar-refractivity contribution < 1.29 is 4.74 Å². The van der Waals surface area contributed by atoms with E-state index in [2.05, 4.69) is 47.7 Å². The van der Waals surface area contributed by atoms with Gasteiger partial charge in [0.25, 0.3) is 0 Å². The van der Waals surface area contributed by atoms with Crippen LogP contribution in [0.2, 0.25) is 0 Å². The number of thioether (sulfide) groups is 1. The molecule has 0 saturated carbocycles. The number of benzene rings is 1. The van der Waals surface area contributed by atoms with Gasteiger partial charge in [-0.05, 0) is 36.1 Å². The Morgan fingerprint density at radius 1 is 1.30 bits per heavy atom. The highest BCUT2D eigenvalue weighted by Crippen LogP contribution is 2.31. The van der Waals surface area contributed by atoms with Crippen LogP contribution < -0.4 is 10.1 Å². The van der Waals surface area contributed by atoms with E-state index in [9.17, 15) is 0 Å². The Bertz CT molecular complexity index is 560. The highest BCUT2D eigenvalue weighted by atomic mass is 32.2. The molecule has 3 nitrogen and oxygen atoms in total. The molecule has 2 rings (SSSR count). The molecule has 0 bridgehead atoms. The summed E-state index contributed by atoms with van der Waals surface area (Å²) in [5.74, 6) is 0.784. The summed E-state index contributed by atoms with van der Waals surface area (Å²) >= 11 is 1.76. The average Bonchev–Trinajstić information content (AvgIpc) is 2.52. The van der Waals surface area contributed by atoms with Crippen LogP contribution in [0.1, 0.15) is 24.1 Å². The van der Waals surface area contributed by atoms with Gasteiger partial charge in [-0.1, -0.05) is 25.1 Å². The van der Waals surface area contributed by atoms with E-state index in [-0.39, 0.29) is 6.04 Å². The highest BCUT2D eigenvalue weighted by molar-refractivity contribution is 7.98. The minimum Gasteiger partial charge on any atom is -0.495 e. The van der Waals surface area contributed by atoms with E-state index in [4.69, 9.17) is 4.74 Å². The summed E-state index contributed by atoms with van der Waals surface area (Å²) in [7, 11) is 1.67. The minimum atomic E-state index is 0.131. The number of hydrogen-bond donors (Lipinski definition) is 1. The molecule has 0 aliphatic rings. The first-order valence-corrected chi connectivity index (χ1v) is 7.87. The second-order valence-electron chi connectivity index (χ2n) is 4.39. The predicted molar refractivity (Wildman–Crippen MR) is 84.5 cm³/mol. The molecule has 0 fully saturated rings. The van der Waals surface area contributed by atoms with Crippen LogP contribution in [0.4, 0.5) is 0 Å². The van der Waals surface area contributed by atoms with Gasteiger partial charge in [-0.2, -0.15) is 0 Å². The fourth-order valence-corrected chi connectivity index (χ4v) is 2.86. The van der Waals surface area contributed by atoms with Crippen LogP contribution >= 0.6 is 11.8 Å². The third-order valence-electron chi connectivity index (χ3n) is 3.16. The Kier molecular flexibility index (Phi) is 5.44. The molecular formula is C16H20N2OS. The number of aromatic nitrogens is 1. The van der Waals surface area contributed by atoms with E-state index in [1.54, 1.807) is 25.1 Å². The normalized spacial score (nSPS) is 12.2. The molecule has 106 valence electrons. The number of hydrogen-bond acceptors (Lipinski definition) is 4. The third kappa shape index (κ3) is 3.32. The second-order valence-corrected chi connectivity index (χ2v) is 5.24. The summed E-state index contributed by atoms with van der Waals surface area (Å²) in [6.07, 6.45) is 5.73. The van der Waals surface area contributed by atoms with Crippen molar-refractivity contribution in [3.05, 3.63) is 53.9 Å². The Morgan fingerprint density at radius 2 is 2.10 bits per heavy atom. The number of methoxy groups -OCH3 is 1. The minimum absolute atomic E-state index is 0.131. The number of nitrogens with one attached hydrogen (secondary N) is 1. The summed E-state index contributed by atoms with van der Waals surface area (Å²) in [6.45, 7) is 3.01. The largest absolute Gasteiger partial charge is 0.495 e. The standard InChI is InChI=1S/C16H20N2OS/c1-4-18-16(12-9-13(19-2)11-17-10-12)14-7-5-6-8-15(14)20-3/h5-11,16,18H,4H2,1-3H3. The van der Waals surface area contributed by atoms with Crippen LogP contribution in [0.5, 0.6) is 5.75 Å². The lowest BCUT2D eigenvalue weighted by molar-refractivity contribution is 0.411. The Labute approximate surface area is 124 Å². The first-order valence-electron chi connectivity index (χ1n) is 6.65. The predicted octanol–water partition coefficient (Wildman–Crippen LogP) is 3.51. The topological polar surface area (TPSA) is 34.2 Å². The van der Waals surface area contributed by atoms with E-state index >= 15 is 0 Å². The zero-order chi connectivity index (χ0) is 14.4. The van der Waals surface area contributed by atoms with Gasteiger partial charge < -0.3 is 10.1 Å². The van der Waals surface area contributed by atoms with E-state index in [0.29, 0.717) is 0 Å². The molecule has 2 aromatic rings. The molecule has 0 amide bonds. The van der Waals surface area contributed by atoms with Crippen molar-refractivity contribution >= 4 is 11.8 Å². The summed E-state index contributed by atoms with van der Waals surface area (Å²) < 4.78 is 5.28. The molecule has 1 N–H and O–H groups in total. The smallest absolute Gasteiger partial charge is 0.137 e. The lowest BCUT2D eigenvalue weighted by atomic mass is 10.00. The SMILES string of the molecule is CCNC(c1cncc(OC)c1)c1ccccc1SC. The van der Waals surface area contributed by atoms with E-state index < -0.39 is 0 Å². The van der Waals surface area contributed by atoms with Crippen molar-refractivity contribution in [1.82, 2.24) is 10.3 Å². The lowest BCUT2D eigenvalue weighted by Crippen LogP contribution is -2.22. The molecule has 1 aromatic carbocycles. The van der Waals surface area contributed by atoms with Gasteiger partial charge in [0, 0.05) is 11.1 Å². The molecule has 20 heavy (non-hydrogen) atoms. The molecule has 1 heterocycles. The first-order chi connectivity index (χ1) is 9.80. The number of nitrogens with zero attached hydrogens (tertiary/aromatic N) is 1. The highest BCUT2D eigenvalue weighted by Gasteiger charge is 2.17. The zero-order valence-corrected chi connectivity index (χ0v) is 12.9. The number of ether oxygens (including phenoxy) is 1. The molecule has 1 unspecified atom stereocenters. The summed E-state index contributed by atoms with van der Waals surface area (Å²) in [4.78, 5) is 5.55. The average molecular weight is 288 g/mol. The van der Waals surface area contributed by atoms with Gasteiger partial charge in [-0.25, -0.2) is 0 Å². The van der Waals surface area contributed by atoms with Gasteiger partial charge in [0.05, 0.1) is 19.3 Å². The number of rotatable bonds is 6. The first kappa shape index (κ1) is 14.9. The molecule has 0 saturated heterocycles. The lowest BCUT2D eigenvalue weighted by Gasteiger charge is -2.21. The number of pyridine rings is 1. The maximum absolute atomic E-state index is 5.28. The monoisotopic (exact) mass is 288 g/mol. The van der Waals surface area contributed by atoms with Gasteiger partial charge in [0.15, 0.2) is 0 Å². The third-order valence-corrected chi connectivity index (χ3v) is 3.97. The van der Waals surface area contributed by atoms with Crippen molar-refractivity contribution in [2.24, 2.45) is 0 Å². The van der Waals surface area contributed by atoms with Gasteiger partial charge >= 0.3 is 0 Å². The molecular weight excluding hydrogens is 268 g/mol. The Balaban J connectivity index is 2.44. The second kappa shape index (κ2) is 7.31. The van der Waals surface area contributed by atoms with Gasteiger partial charge in [0.1, 0.15) is 5.75 Å². The van der Waals surface area contributed by atoms with Crippen LogP contribution in [-0.2, 0) is 0 Å². The summed E-state index contributed by atoms with van der Waals surface area (Å²) in [5, 5.41) is 3.53. The molecule has 1 atom stereocenters. The molecule has 0 aliphatic carbocycles. The van der Waals surface area contributed by atoms with E-state index in [1.165, 1.54) is 10.5 Å². The molecule has 0 spiro atoms. The van der Waals surface area contributed by atoms with Crippen LogP contribution in [0.25, 0.3) is 0 Å². The van der Waals surface area contributed by atoms with Crippen molar-refractivity contribution in [2.45, 2.75) is 17.9 Å². The fourth-order valence-electron chi connectivity index (χ4n) is 2.22. The van der Waals surface area contributed by atoms with Gasteiger partial charge in [-0.3, -0.25) is 4.98 Å². The van der Waals surface area contributed by atoms with Crippen LogP contribution in [-0.4, -0.2) is 24.9 Å². The van der Waals surface area contributed by atoms with Gasteiger partial charge in [-0.15, -0.1) is 11.8 Å². The van der Waals surface area contributed by atoms with E-state index in [1.807, 2.05) is 12.3 Å². The molecule has 0 radical (unpaired) electrons. The van der Waals surface area contributed by atoms with Crippen molar-refractivity contribution in [3.63, 3.8) is 0 Å².